The second kappa shape index (κ2) is 7.28. The van der Waals surface area contributed by atoms with Crippen molar-refractivity contribution >= 4 is 40.7 Å². The number of nitrogen functional groups attached to an aromatic ring is 1. The van der Waals surface area contributed by atoms with E-state index in [1.807, 2.05) is 16.7 Å². The van der Waals surface area contributed by atoms with Crippen LogP contribution >= 0.6 is 11.6 Å². The number of halogens is 1. The number of fused-ring (bicyclic) bond motifs is 1. The van der Waals surface area contributed by atoms with Crippen molar-refractivity contribution in [2.75, 3.05) is 12.3 Å². The van der Waals surface area contributed by atoms with Gasteiger partial charge in [0.15, 0.2) is 10.8 Å². The molecule has 2 heterocycles. The Hall–Kier alpha value is -2.68. The lowest BCUT2D eigenvalue weighted by molar-refractivity contribution is -0.158. The van der Waals surface area contributed by atoms with Gasteiger partial charge in [0.05, 0.1) is 12.4 Å². The summed E-state index contributed by atoms with van der Waals surface area (Å²) >= 11 is 6.06. The van der Waals surface area contributed by atoms with E-state index in [-0.39, 0.29) is 29.7 Å². The number of hydrogen-bond acceptors (Lipinski definition) is 8. The highest BCUT2D eigenvalue weighted by molar-refractivity contribution is 6.33. The van der Waals surface area contributed by atoms with Crippen LogP contribution < -0.4 is 5.73 Å². The van der Waals surface area contributed by atoms with Crippen LogP contribution in [0.3, 0.4) is 0 Å². The Bertz CT molecular complexity index is 881. The Labute approximate surface area is 154 Å². The number of carbonyl (C=O) groups is 2. The summed E-state index contributed by atoms with van der Waals surface area (Å²) in [5, 5.41) is 0.192. The molecule has 9 nitrogen and oxygen atoms in total. The number of carbonyl (C=O) groups excluding carboxylic acids is 2. The average molecular weight is 380 g/mol. The maximum absolute atomic E-state index is 11.4. The van der Waals surface area contributed by atoms with Gasteiger partial charge in [-0.05, 0) is 6.42 Å². The molecule has 0 fully saturated rings. The Balaban J connectivity index is 1.80. The third-order valence-electron chi connectivity index (χ3n) is 4.09. The van der Waals surface area contributed by atoms with Crippen LogP contribution in [0.4, 0.5) is 5.95 Å². The highest BCUT2D eigenvalue weighted by Crippen LogP contribution is 2.34. The molecule has 10 heteroatoms. The molecule has 0 bridgehead atoms. The fraction of sp³-hybridized carbons (Fsp3) is 0.438. The minimum Gasteiger partial charge on any atom is -0.462 e. The molecule has 0 saturated carbocycles. The summed E-state index contributed by atoms with van der Waals surface area (Å²) in [7, 11) is 0. The molecule has 0 aromatic carbocycles. The van der Waals surface area contributed by atoms with Gasteiger partial charge in [0, 0.05) is 19.8 Å². The van der Waals surface area contributed by atoms with E-state index in [4.69, 9.17) is 26.8 Å². The summed E-state index contributed by atoms with van der Waals surface area (Å²) in [6.07, 6.45) is 5.57. The summed E-state index contributed by atoms with van der Waals surface area (Å²) in [5.41, 5.74) is 6.67. The third kappa shape index (κ3) is 3.77. The summed E-state index contributed by atoms with van der Waals surface area (Å²) < 4.78 is 12.2. The van der Waals surface area contributed by atoms with E-state index in [1.54, 1.807) is 6.33 Å². The van der Waals surface area contributed by atoms with Crippen molar-refractivity contribution in [3.8, 4) is 0 Å². The van der Waals surface area contributed by atoms with Crippen molar-refractivity contribution < 1.29 is 19.1 Å². The molecule has 2 N–H and O–H groups in total. The molecule has 0 radical (unpaired) electrons. The van der Waals surface area contributed by atoms with E-state index in [9.17, 15) is 9.59 Å². The zero-order valence-corrected chi connectivity index (χ0v) is 15.0. The number of ether oxygens (including phenoxy) is 2. The zero-order valence-electron chi connectivity index (χ0n) is 14.3. The molecule has 138 valence electrons. The molecule has 3 unspecified atom stereocenters. The molecule has 26 heavy (non-hydrogen) atoms. The first-order chi connectivity index (χ1) is 12.3. The van der Waals surface area contributed by atoms with E-state index < -0.39 is 18.0 Å². The Morgan fingerprint density at radius 2 is 2.12 bits per heavy atom. The standard InChI is InChI=1S/C16H18ClN5O4/c1-8(23)25-6-12(26-9(2)24)10-3-4-11(5-10)22-7-19-13-14(17)20-16(18)21-15(13)22/h3-4,7,10-12H,5-6H2,1-2H3,(H2,18,20,21). The molecule has 2 aromatic rings. The first kappa shape index (κ1) is 18.1. The number of esters is 2. The average Bonchev–Trinajstić information content (AvgIpc) is 3.17. The van der Waals surface area contributed by atoms with Crippen LogP contribution in [0.15, 0.2) is 18.5 Å². The summed E-state index contributed by atoms with van der Waals surface area (Å²) in [4.78, 5) is 34.8. The fourth-order valence-corrected chi connectivity index (χ4v) is 3.21. The first-order valence-corrected chi connectivity index (χ1v) is 8.37. The van der Waals surface area contributed by atoms with Crippen LogP contribution in [0, 0.1) is 5.92 Å². The molecule has 1 aliphatic rings. The Kier molecular flexibility index (Phi) is 5.08. The van der Waals surface area contributed by atoms with Crippen LogP contribution in [0.25, 0.3) is 11.2 Å². The van der Waals surface area contributed by atoms with Crippen LogP contribution in [-0.4, -0.2) is 44.2 Å². The monoisotopic (exact) mass is 379 g/mol. The summed E-state index contributed by atoms with van der Waals surface area (Å²) in [6, 6.07) is -0.0780. The van der Waals surface area contributed by atoms with E-state index in [0.717, 1.165) is 0 Å². The van der Waals surface area contributed by atoms with Crippen LogP contribution in [-0.2, 0) is 19.1 Å². The van der Waals surface area contributed by atoms with E-state index >= 15 is 0 Å². The van der Waals surface area contributed by atoms with E-state index in [1.165, 1.54) is 13.8 Å². The van der Waals surface area contributed by atoms with Gasteiger partial charge in [-0.1, -0.05) is 23.8 Å². The largest absolute Gasteiger partial charge is 0.462 e. The predicted octanol–water partition coefficient (Wildman–Crippen LogP) is 1.67. The third-order valence-corrected chi connectivity index (χ3v) is 4.36. The molecular formula is C16H18ClN5O4. The molecule has 0 aliphatic heterocycles. The van der Waals surface area contributed by atoms with Crippen LogP contribution in [0.2, 0.25) is 5.15 Å². The molecule has 2 aromatic heterocycles. The van der Waals surface area contributed by atoms with Crippen LogP contribution in [0.1, 0.15) is 26.3 Å². The number of rotatable bonds is 5. The number of hydrogen-bond donors (Lipinski definition) is 1. The van der Waals surface area contributed by atoms with Crippen molar-refractivity contribution in [1.82, 2.24) is 19.5 Å². The normalized spacial score (nSPS) is 20.3. The van der Waals surface area contributed by atoms with Gasteiger partial charge in [-0.15, -0.1) is 0 Å². The van der Waals surface area contributed by atoms with Crippen LogP contribution in [0.5, 0.6) is 0 Å². The maximum Gasteiger partial charge on any atom is 0.303 e. The first-order valence-electron chi connectivity index (χ1n) is 7.99. The van der Waals surface area contributed by atoms with Gasteiger partial charge < -0.3 is 19.8 Å². The molecule has 3 atom stereocenters. The number of nitrogens with two attached hydrogens (primary N) is 1. The molecule has 0 spiro atoms. The predicted molar refractivity (Wildman–Crippen MR) is 93.2 cm³/mol. The second-order valence-corrected chi connectivity index (χ2v) is 6.36. The highest BCUT2D eigenvalue weighted by Gasteiger charge is 2.31. The second-order valence-electron chi connectivity index (χ2n) is 6.00. The van der Waals surface area contributed by atoms with Crippen molar-refractivity contribution in [2.24, 2.45) is 5.92 Å². The molecule has 0 saturated heterocycles. The Morgan fingerprint density at radius 1 is 1.35 bits per heavy atom. The van der Waals surface area contributed by atoms with Crippen molar-refractivity contribution in [1.29, 1.82) is 0 Å². The lowest BCUT2D eigenvalue weighted by atomic mass is 10.0. The lowest BCUT2D eigenvalue weighted by Gasteiger charge is -2.23. The van der Waals surface area contributed by atoms with Crippen molar-refractivity contribution in [2.45, 2.75) is 32.4 Å². The van der Waals surface area contributed by atoms with Gasteiger partial charge in [0.1, 0.15) is 18.2 Å². The maximum atomic E-state index is 11.4. The lowest BCUT2D eigenvalue weighted by Crippen LogP contribution is -2.30. The number of anilines is 1. The van der Waals surface area contributed by atoms with E-state index in [2.05, 4.69) is 15.0 Å². The number of allylic oxidation sites excluding steroid dienone is 1. The number of aromatic nitrogens is 4. The molecule has 0 amide bonds. The smallest absolute Gasteiger partial charge is 0.303 e. The van der Waals surface area contributed by atoms with E-state index in [0.29, 0.717) is 17.6 Å². The fourth-order valence-electron chi connectivity index (χ4n) is 2.99. The van der Waals surface area contributed by atoms with Gasteiger partial charge in [0.25, 0.3) is 0 Å². The summed E-state index contributed by atoms with van der Waals surface area (Å²) in [6.45, 7) is 2.63. The quantitative estimate of drug-likeness (QED) is 0.473. The zero-order chi connectivity index (χ0) is 18.8. The van der Waals surface area contributed by atoms with Gasteiger partial charge >= 0.3 is 11.9 Å². The number of nitrogens with zero attached hydrogens (tertiary/aromatic N) is 4. The molecule has 1 aliphatic carbocycles. The highest BCUT2D eigenvalue weighted by atomic mass is 35.5. The molecular weight excluding hydrogens is 362 g/mol. The molecule has 3 rings (SSSR count). The minimum absolute atomic E-state index is 0.00224. The Morgan fingerprint density at radius 3 is 2.81 bits per heavy atom. The minimum atomic E-state index is -0.560. The summed E-state index contributed by atoms with van der Waals surface area (Å²) in [5.74, 6) is -0.909. The number of imidazole rings is 1. The SMILES string of the molecule is CC(=O)OCC(OC(C)=O)C1C=CC(n2cnc3c(Cl)nc(N)nc32)C1. The topological polar surface area (TPSA) is 122 Å². The van der Waals surface area contributed by atoms with Gasteiger partial charge in [-0.3, -0.25) is 9.59 Å². The van der Waals surface area contributed by atoms with Crippen molar-refractivity contribution in [3.05, 3.63) is 23.6 Å². The van der Waals surface area contributed by atoms with Gasteiger partial charge in [-0.2, -0.15) is 9.97 Å². The van der Waals surface area contributed by atoms with Gasteiger partial charge in [0.2, 0.25) is 5.95 Å². The van der Waals surface area contributed by atoms with Gasteiger partial charge in [-0.25, -0.2) is 4.98 Å². The van der Waals surface area contributed by atoms with Crippen molar-refractivity contribution in [3.63, 3.8) is 0 Å².